The van der Waals surface area contributed by atoms with Crippen LogP contribution in [0.1, 0.15) is 76.0 Å². The molecule has 4 rings (SSSR count). The van der Waals surface area contributed by atoms with E-state index in [0.29, 0.717) is 63.4 Å². The molecular weight excluding hydrogens is 619 g/mol. The largest absolute Gasteiger partial charge is 0.497 e. The van der Waals surface area contributed by atoms with Gasteiger partial charge in [-0.3, -0.25) is 9.59 Å². The Hall–Kier alpha value is -4.10. The summed E-state index contributed by atoms with van der Waals surface area (Å²) in [7, 11) is 1.62. The number of H-pyrrole nitrogens is 1. The summed E-state index contributed by atoms with van der Waals surface area (Å²) in [6.07, 6.45) is 8.01. The molecule has 2 fully saturated rings. The Labute approximate surface area is 273 Å². The van der Waals surface area contributed by atoms with Crippen molar-refractivity contribution in [1.29, 1.82) is 0 Å². The number of benzene rings is 1. The second kappa shape index (κ2) is 17.7. The van der Waals surface area contributed by atoms with Crippen LogP contribution in [0.4, 0.5) is 18.0 Å². The maximum absolute atomic E-state index is 13.9. The molecule has 4 N–H and O–H groups in total. The number of aromatic nitrogens is 2. The van der Waals surface area contributed by atoms with E-state index in [1.54, 1.807) is 19.6 Å². The van der Waals surface area contributed by atoms with Crippen molar-refractivity contribution in [2.75, 3.05) is 26.7 Å². The van der Waals surface area contributed by atoms with E-state index in [9.17, 15) is 27.6 Å². The fourth-order valence-electron chi connectivity index (χ4n) is 6.53. The zero-order valence-electron chi connectivity index (χ0n) is 27.0. The quantitative estimate of drug-likeness (QED) is 0.247. The molecule has 1 atom stereocenters. The molecule has 1 aliphatic carbocycles. The number of carboxylic acids is 1. The van der Waals surface area contributed by atoms with Crippen molar-refractivity contribution >= 4 is 23.7 Å². The van der Waals surface area contributed by atoms with Crippen LogP contribution in [0.5, 0.6) is 5.75 Å². The Morgan fingerprint density at radius 2 is 1.74 bits per heavy atom. The van der Waals surface area contributed by atoms with Crippen LogP contribution in [0.2, 0.25) is 0 Å². The van der Waals surface area contributed by atoms with E-state index in [1.807, 2.05) is 29.2 Å². The van der Waals surface area contributed by atoms with Crippen molar-refractivity contribution in [3.8, 4) is 5.75 Å². The number of Topliss-reactive ketones (excluding diaryl/α,β-unsaturated/α-hetero) is 1. The number of nitrogens with one attached hydrogen (secondary N) is 3. The minimum Gasteiger partial charge on any atom is -0.497 e. The molecule has 2 aromatic rings. The molecule has 3 amide bonds. The Morgan fingerprint density at radius 1 is 1.11 bits per heavy atom. The highest BCUT2D eigenvalue weighted by Gasteiger charge is 2.47. The summed E-state index contributed by atoms with van der Waals surface area (Å²) >= 11 is 0. The summed E-state index contributed by atoms with van der Waals surface area (Å²) in [6.45, 7) is 3.59. The van der Waals surface area contributed by atoms with Gasteiger partial charge in [0.1, 0.15) is 17.6 Å². The minimum absolute atomic E-state index is 0.0975. The third-order valence-electron chi connectivity index (χ3n) is 9.07. The number of halogens is 3. The topological polar surface area (TPSA) is 154 Å². The van der Waals surface area contributed by atoms with Gasteiger partial charge in [-0.25, -0.2) is 14.6 Å². The number of alkyl halides is 3. The van der Waals surface area contributed by atoms with E-state index >= 15 is 0 Å². The second-order valence-electron chi connectivity index (χ2n) is 12.1. The number of nitrogens with zero attached hydrogens (tertiary/aromatic N) is 2. The molecule has 2 heterocycles. The van der Waals surface area contributed by atoms with Crippen molar-refractivity contribution in [2.24, 2.45) is 11.3 Å². The molecule has 2 aliphatic rings. The van der Waals surface area contributed by atoms with Crippen molar-refractivity contribution in [3.63, 3.8) is 0 Å². The minimum atomic E-state index is -5.08. The molecule has 1 saturated heterocycles. The Kier molecular flexibility index (Phi) is 14.1. The first-order valence-corrected chi connectivity index (χ1v) is 16.2. The lowest BCUT2D eigenvalue weighted by atomic mass is 9.61. The number of amides is 3. The number of likely N-dealkylation sites (tertiary alicyclic amines) is 1. The third-order valence-corrected chi connectivity index (χ3v) is 9.07. The lowest BCUT2D eigenvalue weighted by Gasteiger charge is -2.47. The van der Waals surface area contributed by atoms with Gasteiger partial charge in [-0.15, -0.1) is 0 Å². The van der Waals surface area contributed by atoms with Gasteiger partial charge in [-0.2, -0.15) is 13.2 Å². The maximum Gasteiger partial charge on any atom is 0.490 e. The fraction of sp³-hybridized carbons (Fsp3) is 0.606. The number of carbonyl (C=O) groups excluding carboxylic acids is 3. The number of hydrogen-bond donors (Lipinski definition) is 4. The van der Waals surface area contributed by atoms with E-state index in [1.165, 1.54) is 19.3 Å². The molecule has 0 spiro atoms. The molecule has 260 valence electrons. The van der Waals surface area contributed by atoms with Crippen LogP contribution in [0.3, 0.4) is 0 Å². The van der Waals surface area contributed by atoms with Crippen LogP contribution >= 0.6 is 0 Å². The summed E-state index contributed by atoms with van der Waals surface area (Å²) in [4.78, 5) is 58.0. The summed E-state index contributed by atoms with van der Waals surface area (Å²) in [5.74, 6) is -1.31. The third kappa shape index (κ3) is 11.0. The SMILES string of the molecule is CCCC(=O)C1(C2CCCCC2)CCN(C(=O)C(Cc2ccc(OC)cc2)NC(=O)NCCc2cnc[nH]2)CC1.O=C(O)C(F)(F)F. The molecule has 47 heavy (non-hydrogen) atoms. The van der Waals surface area contributed by atoms with Crippen LogP contribution in [-0.4, -0.2) is 82.6 Å². The first kappa shape index (κ1) is 37.4. The smallest absolute Gasteiger partial charge is 0.490 e. The summed E-state index contributed by atoms with van der Waals surface area (Å²) in [5.41, 5.74) is 1.55. The molecule has 0 bridgehead atoms. The number of rotatable bonds is 12. The van der Waals surface area contributed by atoms with E-state index in [4.69, 9.17) is 14.6 Å². The molecular formula is C33H46F3N5O6. The maximum atomic E-state index is 13.9. The number of piperidine rings is 1. The summed E-state index contributed by atoms with van der Waals surface area (Å²) < 4.78 is 37.0. The number of imidazole rings is 1. The second-order valence-corrected chi connectivity index (χ2v) is 12.1. The molecule has 1 aliphatic heterocycles. The average molecular weight is 666 g/mol. The number of ketones is 1. The van der Waals surface area contributed by atoms with E-state index in [-0.39, 0.29) is 17.4 Å². The average Bonchev–Trinajstić information content (AvgIpc) is 3.58. The molecule has 11 nitrogen and oxygen atoms in total. The van der Waals surface area contributed by atoms with Gasteiger partial charge in [0.15, 0.2) is 0 Å². The number of carbonyl (C=O) groups is 4. The zero-order valence-corrected chi connectivity index (χ0v) is 27.0. The van der Waals surface area contributed by atoms with E-state index in [2.05, 4.69) is 27.5 Å². The number of aromatic amines is 1. The predicted molar refractivity (Wildman–Crippen MR) is 168 cm³/mol. The number of hydrogen-bond acceptors (Lipinski definition) is 6. The number of methoxy groups -OCH3 is 1. The van der Waals surface area contributed by atoms with Crippen molar-refractivity contribution < 1.29 is 42.2 Å². The Morgan fingerprint density at radius 3 is 2.28 bits per heavy atom. The lowest BCUT2D eigenvalue weighted by Crippen LogP contribution is -2.56. The molecule has 0 radical (unpaired) electrons. The summed E-state index contributed by atoms with van der Waals surface area (Å²) in [5, 5.41) is 12.9. The van der Waals surface area contributed by atoms with Crippen molar-refractivity contribution in [3.05, 3.63) is 48.0 Å². The molecule has 1 saturated carbocycles. The van der Waals surface area contributed by atoms with Crippen molar-refractivity contribution in [1.82, 2.24) is 25.5 Å². The van der Waals surface area contributed by atoms with Crippen LogP contribution in [0.25, 0.3) is 0 Å². The number of urea groups is 1. The van der Waals surface area contributed by atoms with Gasteiger partial charge in [0, 0.05) is 56.2 Å². The Balaban J connectivity index is 0.000000771. The van der Waals surface area contributed by atoms with Crippen LogP contribution in [0, 0.1) is 11.3 Å². The Bertz CT molecular complexity index is 1290. The zero-order chi connectivity index (χ0) is 34.5. The standard InChI is InChI=1S/C31H45N5O4.C2HF3O2/c1-3-7-28(37)31(24-8-5-4-6-9-24)15-18-36(19-16-31)29(38)27(20-23-10-12-26(40-2)13-11-23)35-30(39)33-17-14-25-21-32-22-34-25;3-2(4,5)1(6)7/h10-13,21-22,24,27H,3-9,14-20H2,1-2H3,(H,32,34)(H2,33,35,39);(H,6,7). The number of aliphatic carboxylic acids is 1. The first-order valence-electron chi connectivity index (χ1n) is 16.2. The van der Waals surface area contributed by atoms with E-state index in [0.717, 1.165) is 36.3 Å². The number of carboxylic acid groups (broad SMARTS) is 1. The fourth-order valence-corrected chi connectivity index (χ4v) is 6.53. The van der Waals surface area contributed by atoms with Gasteiger partial charge in [-0.1, -0.05) is 38.3 Å². The molecule has 1 aromatic heterocycles. The van der Waals surface area contributed by atoms with Gasteiger partial charge in [0.2, 0.25) is 5.91 Å². The highest BCUT2D eigenvalue weighted by molar-refractivity contribution is 5.88. The lowest BCUT2D eigenvalue weighted by molar-refractivity contribution is -0.192. The van der Waals surface area contributed by atoms with Crippen molar-refractivity contribution in [2.45, 2.75) is 89.8 Å². The highest BCUT2D eigenvalue weighted by atomic mass is 19.4. The highest BCUT2D eigenvalue weighted by Crippen LogP contribution is 2.47. The first-order chi connectivity index (χ1) is 22.4. The van der Waals surface area contributed by atoms with E-state index < -0.39 is 18.2 Å². The molecule has 1 unspecified atom stereocenters. The van der Waals surface area contributed by atoms with Crippen LogP contribution in [-0.2, 0) is 27.2 Å². The predicted octanol–water partition coefficient (Wildman–Crippen LogP) is 5.06. The van der Waals surface area contributed by atoms with Gasteiger partial charge in [0.05, 0.1) is 13.4 Å². The summed E-state index contributed by atoms with van der Waals surface area (Å²) in [6, 6.07) is 6.47. The van der Waals surface area contributed by atoms with Crippen LogP contribution in [0.15, 0.2) is 36.8 Å². The number of ether oxygens (including phenoxy) is 1. The normalized spacial score (nSPS) is 17.1. The van der Waals surface area contributed by atoms with Gasteiger partial charge in [0.25, 0.3) is 0 Å². The van der Waals surface area contributed by atoms with Gasteiger partial charge in [-0.05, 0) is 55.7 Å². The van der Waals surface area contributed by atoms with Gasteiger partial charge < -0.3 is 30.4 Å². The molecule has 14 heteroatoms. The monoisotopic (exact) mass is 665 g/mol. The van der Waals surface area contributed by atoms with Gasteiger partial charge >= 0.3 is 18.2 Å². The van der Waals surface area contributed by atoms with Crippen LogP contribution < -0.4 is 15.4 Å². The molecule has 1 aromatic carbocycles.